The van der Waals surface area contributed by atoms with Crippen LogP contribution in [0.5, 0.6) is 0 Å². The number of imidazole rings is 1. The highest BCUT2D eigenvalue weighted by Crippen LogP contribution is 2.16. The maximum absolute atomic E-state index is 12.4. The van der Waals surface area contributed by atoms with Gasteiger partial charge in [0.15, 0.2) is 17.0 Å². The van der Waals surface area contributed by atoms with Crippen molar-refractivity contribution in [2.45, 2.75) is 110 Å². The lowest BCUT2D eigenvalue weighted by molar-refractivity contribution is 0.0903. The van der Waals surface area contributed by atoms with Gasteiger partial charge in [0.05, 0.1) is 0 Å². The molecule has 29 heavy (non-hydrogen) atoms. The minimum atomic E-state index is 0.0281. The van der Waals surface area contributed by atoms with Gasteiger partial charge in [-0.25, -0.2) is 15.0 Å². The summed E-state index contributed by atoms with van der Waals surface area (Å²) in [5.41, 5.74) is 6.77. The van der Waals surface area contributed by atoms with E-state index in [0.29, 0.717) is 23.4 Å². The molecule has 0 aliphatic carbocycles. The van der Waals surface area contributed by atoms with Gasteiger partial charge in [0, 0.05) is 6.42 Å². The number of rotatable bonds is 16. The molecule has 0 radical (unpaired) electrons. The molecular formula is C23H39N5O. The lowest BCUT2D eigenvalue weighted by Gasteiger charge is -2.04. The summed E-state index contributed by atoms with van der Waals surface area (Å²) in [6, 6.07) is 0. The fraction of sp³-hybridized carbons (Fsp3) is 0.739. The Kier molecular flexibility index (Phi) is 11.3. The van der Waals surface area contributed by atoms with Crippen LogP contribution in [0.4, 0.5) is 5.82 Å². The standard InChI is InChI=1S/C23H39N5O/c1-2-3-4-5-6-7-8-9-10-11-12-13-14-15-16-17-20(29)28-19-27-21-22(24)25-18-26-23(21)28/h18-19H,2-17H2,1H3,(H2,24,25,26). The van der Waals surface area contributed by atoms with E-state index < -0.39 is 0 Å². The van der Waals surface area contributed by atoms with Gasteiger partial charge in [0.2, 0.25) is 5.91 Å². The van der Waals surface area contributed by atoms with Gasteiger partial charge in [0.1, 0.15) is 12.7 Å². The monoisotopic (exact) mass is 401 g/mol. The number of carbonyl (C=O) groups is 1. The molecule has 2 aromatic rings. The summed E-state index contributed by atoms with van der Waals surface area (Å²) in [7, 11) is 0. The number of nitrogen functional groups attached to an aromatic ring is 1. The molecule has 0 saturated carbocycles. The second-order valence-corrected chi connectivity index (χ2v) is 8.14. The number of nitrogens with two attached hydrogens (primary N) is 1. The highest BCUT2D eigenvalue weighted by atomic mass is 16.2. The molecular weight excluding hydrogens is 362 g/mol. The van der Waals surface area contributed by atoms with E-state index in [0.717, 1.165) is 12.8 Å². The average molecular weight is 402 g/mol. The number of carbonyl (C=O) groups excluding carboxylic acids is 1. The van der Waals surface area contributed by atoms with E-state index >= 15 is 0 Å². The van der Waals surface area contributed by atoms with Crippen LogP contribution in [-0.4, -0.2) is 25.4 Å². The molecule has 162 valence electrons. The van der Waals surface area contributed by atoms with Crippen molar-refractivity contribution in [3.8, 4) is 0 Å². The summed E-state index contributed by atoms with van der Waals surface area (Å²) in [4.78, 5) is 24.6. The molecule has 2 aromatic heterocycles. The Hall–Kier alpha value is -1.98. The van der Waals surface area contributed by atoms with Crippen LogP contribution in [0, 0.1) is 0 Å². The van der Waals surface area contributed by atoms with Crippen molar-refractivity contribution >= 4 is 22.9 Å². The van der Waals surface area contributed by atoms with Crippen molar-refractivity contribution < 1.29 is 4.79 Å². The number of nitrogens with zero attached hydrogens (tertiary/aromatic N) is 4. The summed E-state index contributed by atoms with van der Waals surface area (Å²) < 4.78 is 1.50. The molecule has 0 aliphatic rings. The van der Waals surface area contributed by atoms with E-state index in [2.05, 4.69) is 21.9 Å². The Morgan fingerprint density at radius 2 is 1.31 bits per heavy atom. The van der Waals surface area contributed by atoms with Crippen LogP contribution >= 0.6 is 0 Å². The molecule has 6 heteroatoms. The molecule has 2 rings (SSSR count). The van der Waals surface area contributed by atoms with Crippen LogP contribution in [0.15, 0.2) is 12.7 Å². The molecule has 2 N–H and O–H groups in total. The lowest BCUT2D eigenvalue weighted by Crippen LogP contribution is -2.10. The highest BCUT2D eigenvalue weighted by Gasteiger charge is 2.13. The van der Waals surface area contributed by atoms with Crippen LogP contribution in [0.3, 0.4) is 0 Å². The smallest absolute Gasteiger partial charge is 0.233 e. The van der Waals surface area contributed by atoms with Crippen molar-refractivity contribution in [3.05, 3.63) is 12.7 Å². The second-order valence-electron chi connectivity index (χ2n) is 8.14. The van der Waals surface area contributed by atoms with Crippen molar-refractivity contribution in [1.29, 1.82) is 0 Å². The van der Waals surface area contributed by atoms with Gasteiger partial charge in [-0.1, -0.05) is 96.8 Å². The fourth-order valence-electron chi connectivity index (χ4n) is 3.80. The molecule has 0 bridgehead atoms. The van der Waals surface area contributed by atoms with Crippen LogP contribution in [0.25, 0.3) is 11.2 Å². The van der Waals surface area contributed by atoms with Crippen molar-refractivity contribution in [3.63, 3.8) is 0 Å². The van der Waals surface area contributed by atoms with Gasteiger partial charge in [-0.3, -0.25) is 9.36 Å². The van der Waals surface area contributed by atoms with E-state index in [4.69, 9.17) is 5.73 Å². The van der Waals surface area contributed by atoms with Crippen LogP contribution in [-0.2, 0) is 0 Å². The Morgan fingerprint density at radius 1 is 0.793 bits per heavy atom. The van der Waals surface area contributed by atoms with Gasteiger partial charge in [-0.2, -0.15) is 0 Å². The topological polar surface area (TPSA) is 86.7 Å². The first kappa shape index (κ1) is 23.3. The second kappa shape index (κ2) is 14.1. The Balaban J connectivity index is 1.43. The van der Waals surface area contributed by atoms with E-state index in [1.54, 1.807) is 0 Å². The SMILES string of the molecule is CCCCCCCCCCCCCCCCCC(=O)n1cnc2c(N)ncnc21. The van der Waals surface area contributed by atoms with E-state index in [-0.39, 0.29) is 5.91 Å². The van der Waals surface area contributed by atoms with Crippen LogP contribution in [0.1, 0.15) is 114 Å². The quantitative estimate of drug-likeness (QED) is 0.333. The van der Waals surface area contributed by atoms with Crippen molar-refractivity contribution in [1.82, 2.24) is 19.5 Å². The average Bonchev–Trinajstić information content (AvgIpc) is 3.16. The van der Waals surface area contributed by atoms with Gasteiger partial charge >= 0.3 is 0 Å². The number of fused-ring (bicyclic) bond motifs is 1. The summed E-state index contributed by atoms with van der Waals surface area (Å²) in [5.74, 6) is 0.341. The molecule has 6 nitrogen and oxygen atoms in total. The van der Waals surface area contributed by atoms with Gasteiger partial charge < -0.3 is 5.73 Å². The third-order valence-corrected chi connectivity index (χ3v) is 5.62. The number of unbranched alkanes of at least 4 members (excludes halogenated alkanes) is 14. The molecule has 0 saturated heterocycles. The van der Waals surface area contributed by atoms with Crippen molar-refractivity contribution in [2.24, 2.45) is 0 Å². The van der Waals surface area contributed by atoms with Gasteiger partial charge in [-0.15, -0.1) is 0 Å². The number of hydrogen-bond donors (Lipinski definition) is 1. The number of hydrogen-bond acceptors (Lipinski definition) is 5. The number of aromatic nitrogens is 4. The summed E-state index contributed by atoms with van der Waals surface area (Å²) >= 11 is 0. The third kappa shape index (κ3) is 8.50. The molecule has 0 fully saturated rings. The molecule has 0 unspecified atom stereocenters. The predicted molar refractivity (Wildman–Crippen MR) is 120 cm³/mol. The minimum Gasteiger partial charge on any atom is -0.382 e. The zero-order valence-electron chi connectivity index (χ0n) is 18.2. The van der Waals surface area contributed by atoms with E-state index in [1.165, 1.54) is 101 Å². The molecule has 0 atom stereocenters. The Bertz CT molecular complexity index is 712. The lowest BCUT2D eigenvalue weighted by atomic mass is 10.0. The Morgan fingerprint density at radius 3 is 1.86 bits per heavy atom. The normalized spacial score (nSPS) is 11.3. The fourth-order valence-corrected chi connectivity index (χ4v) is 3.80. The molecule has 0 aliphatic heterocycles. The molecule has 0 aromatic carbocycles. The first-order chi connectivity index (χ1) is 14.2. The molecule has 2 heterocycles. The minimum absolute atomic E-state index is 0.0281. The first-order valence-electron chi connectivity index (χ1n) is 11.7. The summed E-state index contributed by atoms with van der Waals surface area (Å²) in [6.07, 6.45) is 23.2. The first-order valence-corrected chi connectivity index (χ1v) is 11.7. The maximum atomic E-state index is 12.4. The van der Waals surface area contributed by atoms with Crippen LogP contribution in [0.2, 0.25) is 0 Å². The summed E-state index contributed by atoms with van der Waals surface area (Å²) in [5, 5.41) is 0. The van der Waals surface area contributed by atoms with Gasteiger partial charge in [0.25, 0.3) is 0 Å². The van der Waals surface area contributed by atoms with Crippen LogP contribution < -0.4 is 5.73 Å². The Labute approximate surface area is 175 Å². The largest absolute Gasteiger partial charge is 0.382 e. The molecule has 0 spiro atoms. The zero-order chi connectivity index (χ0) is 20.7. The maximum Gasteiger partial charge on any atom is 0.233 e. The molecule has 0 amide bonds. The highest BCUT2D eigenvalue weighted by molar-refractivity contribution is 5.91. The van der Waals surface area contributed by atoms with E-state index in [1.807, 2.05) is 0 Å². The predicted octanol–water partition coefficient (Wildman–Crippen LogP) is 6.31. The van der Waals surface area contributed by atoms with Gasteiger partial charge in [-0.05, 0) is 6.42 Å². The van der Waals surface area contributed by atoms with E-state index in [9.17, 15) is 4.79 Å². The zero-order valence-corrected chi connectivity index (χ0v) is 18.2. The number of anilines is 1. The third-order valence-electron chi connectivity index (χ3n) is 5.62. The van der Waals surface area contributed by atoms with Crippen molar-refractivity contribution in [2.75, 3.05) is 5.73 Å². The summed E-state index contributed by atoms with van der Waals surface area (Å²) in [6.45, 7) is 2.27.